The molecule has 0 aliphatic heterocycles. The third-order valence-electron chi connectivity index (χ3n) is 3.37. The number of nitrogens with one attached hydrogen (secondary N) is 1. The van der Waals surface area contributed by atoms with Gasteiger partial charge >= 0.3 is 0 Å². The molecule has 0 aliphatic rings. The first-order valence-corrected chi connectivity index (χ1v) is 7.35. The van der Waals surface area contributed by atoms with Crippen molar-refractivity contribution >= 4 is 17.5 Å². The first-order chi connectivity index (χ1) is 10.1. The van der Waals surface area contributed by atoms with Gasteiger partial charge in [-0.2, -0.15) is 20.1 Å². The van der Waals surface area contributed by atoms with Gasteiger partial charge < -0.3 is 10.4 Å². The molecule has 0 bridgehead atoms. The average molecular weight is 311 g/mol. The molecule has 114 valence electrons. The van der Waals surface area contributed by atoms with Gasteiger partial charge in [-0.15, -0.1) is 0 Å². The van der Waals surface area contributed by atoms with Crippen molar-refractivity contribution in [2.24, 2.45) is 5.92 Å². The second-order valence-corrected chi connectivity index (χ2v) is 5.04. The molecule has 0 fully saturated rings. The number of rotatable bonds is 7. The van der Waals surface area contributed by atoms with Gasteiger partial charge in [0.15, 0.2) is 0 Å². The molecule has 0 saturated carbocycles. The van der Waals surface area contributed by atoms with Gasteiger partial charge in [0.1, 0.15) is 0 Å². The zero-order chi connectivity index (χ0) is 15.2. The number of aliphatic hydroxyl groups excluding tert-OH is 1. The molecular formula is C13H19ClN6O. The molecule has 0 aromatic carbocycles. The molecule has 1 atom stereocenters. The van der Waals surface area contributed by atoms with Crippen molar-refractivity contribution in [2.45, 2.75) is 32.8 Å². The second kappa shape index (κ2) is 7.33. The van der Waals surface area contributed by atoms with E-state index < -0.39 is 6.10 Å². The normalized spacial score (nSPS) is 12.6. The molecule has 2 N–H and O–H groups in total. The lowest BCUT2D eigenvalue weighted by Gasteiger charge is -2.20. The fraction of sp³-hybridized carbons (Fsp3) is 0.538. The summed E-state index contributed by atoms with van der Waals surface area (Å²) in [5, 5.41) is 17.2. The van der Waals surface area contributed by atoms with Gasteiger partial charge in [0.25, 0.3) is 5.95 Å². The molecule has 0 radical (unpaired) electrons. The van der Waals surface area contributed by atoms with Gasteiger partial charge in [-0.3, -0.25) is 0 Å². The van der Waals surface area contributed by atoms with Gasteiger partial charge in [-0.05, 0) is 23.6 Å². The summed E-state index contributed by atoms with van der Waals surface area (Å²) in [5.74, 6) is 0.908. The summed E-state index contributed by atoms with van der Waals surface area (Å²) in [6.45, 7) is 4.49. The maximum absolute atomic E-state index is 10.1. The summed E-state index contributed by atoms with van der Waals surface area (Å²) in [5.41, 5.74) is 0. The van der Waals surface area contributed by atoms with E-state index in [1.807, 2.05) is 0 Å². The van der Waals surface area contributed by atoms with Gasteiger partial charge in [0.2, 0.25) is 11.2 Å². The van der Waals surface area contributed by atoms with Crippen molar-refractivity contribution in [3.8, 4) is 5.95 Å². The fourth-order valence-electron chi connectivity index (χ4n) is 2.10. The van der Waals surface area contributed by atoms with Gasteiger partial charge in [-0.1, -0.05) is 26.7 Å². The maximum atomic E-state index is 10.1. The number of nitrogens with zero attached hydrogens (tertiary/aromatic N) is 5. The van der Waals surface area contributed by atoms with E-state index in [2.05, 4.69) is 39.2 Å². The van der Waals surface area contributed by atoms with E-state index in [0.717, 1.165) is 12.8 Å². The lowest BCUT2D eigenvalue weighted by Crippen LogP contribution is -2.28. The minimum atomic E-state index is -0.455. The van der Waals surface area contributed by atoms with Crippen molar-refractivity contribution in [1.29, 1.82) is 0 Å². The highest BCUT2D eigenvalue weighted by Crippen LogP contribution is 2.14. The van der Waals surface area contributed by atoms with Crippen LogP contribution in [-0.4, -0.2) is 42.5 Å². The predicted molar refractivity (Wildman–Crippen MR) is 80.5 cm³/mol. The van der Waals surface area contributed by atoms with E-state index in [0.29, 0.717) is 18.4 Å². The summed E-state index contributed by atoms with van der Waals surface area (Å²) in [6, 6.07) is 1.77. The van der Waals surface area contributed by atoms with Crippen LogP contribution >= 0.6 is 11.6 Å². The van der Waals surface area contributed by atoms with Crippen molar-refractivity contribution in [3.63, 3.8) is 0 Å². The standard InChI is InChI=1S/C13H19ClN6O/c1-3-9(4-2)10(21)8-15-12-17-11(14)18-13(19-12)20-7-5-6-16-20/h5-7,9-10,21H,3-4,8H2,1-2H3,(H,15,17,18,19). The number of aliphatic hydroxyl groups is 1. The van der Waals surface area contributed by atoms with Crippen LogP contribution < -0.4 is 5.32 Å². The van der Waals surface area contributed by atoms with Crippen molar-refractivity contribution in [1.82, 2.24) is 24.7 Å². The Kier molecular flexibility index (Phi) is 5.46. The molecule has 8 heteroatoms. The van der Waals surface area contributed by atoms with Crippen molar-refractivity contribution < 1.29 is 5.11 Å². The fourth-order valence-corrected chi connectivity index (χ4v) is 2.26. The quantitative estimate of drug-likeness (QED) is 0.812. The molecule has 2 rings (SSSR count). The average Bonchev–Trinajstić information content (AvgIpc) is 3.00. The minimum absolute atomic E-state index is 0.0787. The molecule has 0 amide bonds. The van der Waals surface area contributed by atoms with Crippen LogP contribution in [0.2, 0.25) is 5.28 Å². The van der Waals surface area contributed by atoms with E-state index in [1.54, 1.807) is 18.5 Å². The lowest BCUT2D eigenvalue weighted by molar-refractivity contribution is 0.114. The monoisotopic (exact) mass is 310 g/mol. The Morgan fingerprint density at radius 2 is 2.05 bits per heavy atom. The van der Waals surface area contributed by atoms with Crippen LogP contribution in [-0.2, 0) is 0 Å². The molecule has 2 heterocycles. The van der Waals surface area contributed by atoms with E-state index in [1.165, 1.54) is 4.68 Å². The van der Waals surface area contributed by atoms with Crippen LogP contribution in [0.1, 0.15) is 26.7 Å². The smallest absolute Gasteiger partial charge is 0.256 e. The molecule has 2 aromatic heterocycles. The number of hydrogen-bond acceptors (Lipinski definition) is 6. The first kappa shape index (κ1) is 15.7. The highest BCUT2D eigenvalue weighted by molar-refractivity contribution is 6.28. The first-order valence-electron chi connectivity index (χ1n) is 6.97. The molecular weight excluding hydrogens is 292 g/mol. The van der Waals surface area contributed by atoms with Crippen LogP contribution in [0.3, 0.4) is 0 Å². The zero-order valence-electron chi connectivity index (χ0n) is 12.1. The number of halogens is 1. The molecule has 7 nitrogen and oxygen atoms in total. The molecule has 2 aromatic rings. The summed E-state index contributed by atoms with van der Waals surface area (Å²) in [4.78, 5) is 12.2. The number of anilines is 1. The maximum Gasteiger partial charge on any atom is 0.256 e. The van der Waals surface area contributed by atoms with Crippen LogP contribution in [0.4, 0.5) is 5.95 Å². The van der Waals surface area contributed by atoms with Gasteiger partial charge in [0.05, 0.1) is 6.10 Å². The third kappa shape index (κ3) is 4.12. The number of aromatic nitrogens is 5. The van der Waals surface area contributed by atoms with Crippen LogP contribution in [0.15, 0.2) is 18.5 Å². The molecule has 21 heavy (non-hydrogen) atoms. The highest BCUT2D eigenvalue weighted by Gasteiger charge is 2.16. The summed E-state index contributed by atoms with van der Waals surface area (Å²) >= 11 is 5.89. The Morgan fingerprint density at radius 3 is 2.67 bits per heavy atom. The lowest BCUT2D eigenvalue weighted by atomic mass is 9.97. The van der Waals surface area contributed by atoms with Gasteiger partial charge in [-0.25, -0.2) is 4.68 Å². The summed E-state index contributed by atoms with van der Waals surface area (Å²) in [6.07, 6.45) is 4.74. The minimum Gasteiger partial charge on any atom is -0.391 e. The van der Waals surface area contributed by atoms with Crippen LogP contribution in [0.25, 0.3) is 5.95 Å². The van der Waals surface area contributed by atoms with Crippen LogP contribution in [0.5, 0.6) is 0 Å². The summed E-state index contributed by atoms with van der Waals surface area (Å²) < 4.78 is 1.50. The largest absolute Gasteiger partial charge is 0.391 e. The molecule has 0 spiro atoms. The Hall–Kier alpha value is -1.73. The topological polar surface area (TPSA) is 88.8 Å². The Bertz CT molecular complexity index is 558. The van der Waals surface area contributed by atoms with Crippen LogP contribution in [0, 0.1) is 5.92 Å². The third-order valence-corrected chi connectivity index (χ3v) is 3.54. The molecule has 0 aliphatic carbocycles. The Balaban J connectivity index is 2.07. The molecule has 1 unspecified atom stereocenters. The highest BCUT2D eigenvalue weighted by atomic mass is 35.5. The Labute approximate surface area is 128 Å². The summed E-state index contributed by atoms with van der Waals surface area (Å²) in [7, 11) is 0. The molecule has 0 saturated heterocycles. The predicted octanol–water partition coefficient (Wildman–Crippen LogP) is 1.92. The van der Waals surface area contributed by atoms with E-state index in [9.17, 15) is 5.11 Å². The Morgan fingerprint density at radius 1 is 1.29 bits per heavy atom. The second-order valence-electron chi connectivity index (χ2n) is 4.70. The van der Waals surface area contributed by atoms with Crippen molar-refractivity contribution in [3.05, 3.63) is 23.7 Å². The zero-order valence-corrected chi connectivity index (χ0v) is 12.8. The van der Waals surface area contributed by atoms with E-state index in [-0.39, 0.29) is 11.2 Å². The van der Waals surface area contributed by atoms with E-state index in [4.69, 9.17) is 11.6 Å². The van der Waals surface area contributed by atoms with E-state index >= 15 is 0 Å². The van der Waals surface area contributed by atoms with Gasteiger partial charge in [0, 0.05) is 18.9 Å². The van der Waals surface area contributed by atoms with Crippen molar-refractivity contribution in [2.75, 3.05) is 11.9 Å². The number of hydrogen-bond donors (Lipinski definition) is 2. The SMILES string of the molecule is CCC(CC)C(O)CNc1nc(Cl)nc(-n2cccn2)n1.